The summed E-state index contributed by atoms with van der Waals surface area (Å²) in [5.74, 6) is -1.76. The second-order valence-corrected chi connectivity index (χ2v) is 5.22. The number of halogens is 3. The number of hydrogen-bond acceptors (Lipinski definition) is 5. The molecule has 0 bridgehead atoms. The second-order valence-electron chi connectivity index (χ2n) is 4.23. The van der Waals surface area contributed by atoms with E-state index in [0.29, 0.717) is 6.04 Å². The predicted octanol–water partition coefficient (Wildman–Crippen LogP) is -0.762. The van der Waals surface area contributed by atoms with Gasteiger partial charge >= 0.3 is 6.18 Å². The predicted molar refractivity (Wildman–Crippen MR) is 76.8 cm³/mol. The van der Waals surface area contributed by atoms with Crippen LogP contribution in [-0.4, -0.2) is 56.4 Å². The fourth-order valence-electron chi connectivity index (χ4n) is 1.35. The standard InChI is InChI=1S/C10H25N3S.C2HF3O2/c1-3-13-10(5-8-14-2)9-12-7-4-6-11;3-2(4,5)1(6)7/h10,12-13H,3-9,11H2,1-2H3;(H,6,7)/t10-;/m0./s1. The molecule has 0 aromatic rings. The Morgan fingerprint density at radius 1 is 1.43 bits per heavy atom. The Morgan fingerprint density at radius 3 is 2.38 bits per heavy atom. The summed E-state index contributed by atoms with van der Waals surface area (Å²) in [5, 5.41) is 15.8. The highest BCUT2D eigenvalue weighted by atomic mass is 32.2. The van der Waals surface area contributed by atoms with E-state index in [1.54, 1.807) is 0 Å². The molecule has 0 aliphatic carbocycles. The molecule has 1 atom stereocenters. The van der Waals surface area contributed by atoms with E-state index in [-0.39, 0.29) is 0 Å². The smallest absolute Gasteiger partial charge is 0.430 e. The Balaban J connectivity index is 0. The van der Waals surface area contributed by atoms with Crippen molar-refractivity contribution >= 4 is 17.7 Å². The third-order valence-corrected chi connectivity index (χ3v) is 3.03. The Kier molecular flexibility index (Phi) is 15.6. The van der Waals surface area contributed by atoms with E-state index >= 15 is 0 Å². The molecule has 0 rings (SSSR count). The first kappa shape index (κ1) is 22.8. The van der Waals surface area contributed by atoms with Crippen molar-refractivity contribution in [3.05, 3.63) is 0 Å². The number of aliphatic carboxylic acids is 1. The monoisotopic (exact) mass is 333 g/mol. The first-order valence-electron chi connectivity index (χ1n) is 6.80. The minimum Gasteiger partial charge on any atom is -0.542 e. The van der Waals surface area contributed by atoms with E-state index in [2.05, 4.69) is 29.5 Å². The van der Waals surface area contributed by atoms with Crippen molar-refractivity contribution in [2.24, 2.45) is 0 Å². The van der Waals surface area contributed by atoms with Crippen molar-refractivity contribution < 1.29 is 28.8 Å². The number of alkyl halides is 3. The molecular formula is C12H26F3N3O2S. The van der Waals surface area contributed by atoms with Gasteiger partial charge in [0.05, 0.1) is 6.54 Å². The highest BCUT2D eigenvalue weighted by Gasteiger charge is 2.28. The fraction of sp³-hybridized carbons (Fsp3) is 0.917. The number of carbonyl (C=O) groups excluding carboxylic acids is 1. The third-order valence-electron chi connectivity index (χ3n) is 2.39. The van der Waals surface area contributed by atoms with E-state index in [1.165, 1.54) is 18.6 Å². The van der Waals surface area contributed by atoms with Gasteiger partial charge in [-0.3, -0.25) is 0 Å². The van der Waals surface area contributed by atoms with Gasteiger partial charge in [-0.25, -0.2) is 0 Å². The van der Waals surface area contributed by atoms with E-state index in [0.717, 1.165) is 26.2 Å². The zero-order valence-electron chi connectivity index (χ0n) is 12.6. The van der Waals surface area contributed by atoms with Crippen molar-refractivity contribution in [2.75, 3.05) is 38.2 Å². The van der Waals surface area contributed by atoms with E-state index in [9.17, 15) is 13.2 Å². The number of carboxylic acids is 1. The lowest BCUT2D eigenvalue weighted by molar-refractivity contribution is -0.367. The quantitative estimate of drug-likeness (QED) is 0.457. The molecule has 21 heavy (non-hydrogen) atoms. The molecule has 0 aliphatic heterocycles. The van der Waals surface area contributed by atoms with Crippen LogP contribution in [0.15, 0.2) is 0 Å². The van der Waals surface area contributed by atoms with Gasteiger partial charge in [0.25, 0.3) is 0 Å². The van der Waals surface area contributed by atoms with Crippen molar-refractivity contribution in [3.63, 3.8) is 0 Å². The molecule has 0 saturated heterocycles. The maximum Gasteiger partial charge on any atom is 0.430 e. The Hall–Kier alpha value is -0.510. The fourth-order valence-corrected chi connectivity index (χ4v) is 1.87. The number of likely N-dealkylation sites (N-methyl/N-ethyl adjacent to an activating group) is 1. The normalized spacial score (nSPS) is 12.5. The van der Waals surface area contributed by atoms with Crippen LogP contribution in [0.4, 0.5) is 13.2 Å². The summed E-state index contributed by atoms with van der Waals surface area (Å²) < 4.78 is 31.5. The average Bonchev–Trinajstić information content (AvgIpc) is 2.40. The van der Waals surface area contributed by atoms with E-state index < -0.39 is 12.1 Å². The second kappa shape index (κ2) is 14.4. The van der Waals surface area contributed by atoms with Gasteiger partial charge in [-0.05, 0) is 25.0 Å². The number of rotatable bonds is 10. The van der Waals surface area contributed by atoms with Crippen LogP contribution in [0, 0.1) is 0 Å². The molecule has 128 valence electrons. The number of quaternary nitrogens is 1. The summed E-state index contributed by atoms with van der Waals surface area (Å²) in [4.78, 5) is 8.78. The van der Waals surface area contributed by atoms with Gasteiger partial charge < -0.3 is 26.3 Å². The van der Waals surface area contributed by atoms with Crippen molar-refractivity contribution in [1.82, 2.24) is 10.6 Å². The SMILES string of the molecule is CCN[C@@H](CCSC)CNCCC[NH3+].O=C([O-])C(F)(F)F. The number of carboxylic acid groups (broad SMARTS) is 1. The average molecular weight is 333 g/mol. The van der Waals surface area contributed by atoms with Crippen molar-refractivity contribution in [2.45, 2.75) is 32.0 Å². The summed E-state index contributed by atoms with van der Waals surface area (Å²) in [6.45, 7) is 6.46. The molecule has 0 unspecified atom stereocenters. The zero-order valence-corrected chi connectivity index (χ0v) is 13.4. The number of thioether (sulfide) groups is 1. The van der Waals surface area contributed by atoms with Crippen molar-refractivity contribution in [3.8, 4) is 0 Å². The molecule has 0 radical (unpaired) electrons. The van der Waals surface area contributed by atoms with Gasteiger partial charge in [0.2, 0.25) is 0 Å². The van der Waals surface area contributed by atoms with E-state index in [1.807, 2.05) is 11.8 Å². The molecule has 0 aliphatic rings. The molecule has 5 N–H and O–H groups in total. The topological polar surface area (TPSA) is 91.8 Å². The first-order valence-corrected chi connectivity index (χ1v) is 8.19. The van der Waals surface area contributed by atoms with Crippen LogP contribution in [0.2, 0.25) is 0 Å². The van der Waals surface area contributed by atoms with E-state index in [4.69, 9.17) is 9.90 Å². The molecule has 0 spiro atoms. The van der Waals surface area contributed by atoms with Gasteiger partial charge in [-0.1, -0.05) is 6.92 Å². The largest absolute Gasteiger partial charge is 0.542 e. The number of carbonyl (C=O) groups is 1. The lowest BCUT2D eigenvalue weighted by Crippen LogP contribution is -2.51. The molecule has 0 fully saturated rings. The first-order chi connectivity index (χ1) is 9.79. The Bertz CT molecular complexity index is 256. The van der Waals surface area contributed by atoms with Gasteiger partial charge in [-0.2, -0.15) is 24.9 Å². The van der Waals surface area contributed by atoms with Crippen LogP contribution in [0.25, 0.3) is 0 Å². The van der Waals surface area contributed by atoms with Gasteiger partial charge in [0.15, 0.2) is 0 Å². The Labute approximate surface area is 128 Å². The van der Waals surface area contributed by atoms with Crippen LogP contribution in [0.3, 0.4) is 0 Å². The third kappa shape index (κ3) is 17.4. The minimum atomic E-state index is -5.19. The maximum atomic E-state index is 10.5. The van der Waals surface area contributed by atoms with Gasteiger partial charge in [0, 0.05) is 25.6 Å². The molecule has 0 amide bonds. The molecular weight excluding hydrogens is 307 g/mol. The lowest BCUT2D eigenvalue weighted by atomic mass is 10.2. The summed E-state index contributed by atoms with van der Waals surface area (Å²) in [5.41, 5.74) is 3.83. The van der Waals surface area contributed by atoms with Crippen LogP contribution >= 0.6 is 11.8 Å². The van der Waals surface area contributed by atoms with Crippen LogP contribution < -0.4 is 21.5 Å². The molecule has 9 heteroatoms. The summed E-state index contributed by atoms with van der Waals surface area (Å²) in [7, 11) is 0. The zero-order chi connectivity index (χ0) is 16.7. The highest BCUT2D eigenvalue weighted by Crippen LogP contribution is 2.11. The van der Waals surface area contributed by atoms with Gasteiger partial charge in [0.1, 0.15) is 5.97 Å². The maximum absolute atomic E-state index is 10.5. The minimum absolute atomic E-state index is 0.636. The number of hydrogen-bond donors (Lipinski definition) is 3. The molecule has 0 saturated carbocycles. The van der Waals surface area contributed by atoms with Gasteiger partial charge in [-0.15, -0.1) is 0 Å². The number of nitrogens with one attached hydrogen (secondary N) is 2. The summed E-state index contributed by atoms with van der Waals surface area (Å²) in [6, 6.07) is 0.636. The molecule has 0 heterocycles. The Morgan fingerprint density at radius 2 is 2.00 bits per heavy atom. The van der Waals surface area contributed by atoms with Crippen LogP contribution in [0.5, 0.6) is 0 Å². The summed E-state index contributed by atoms with van der Waals surface area (Å²) in [6.07, 6.45) is -0.590. The molecule has 0 aromatic carbocycles. The lowest BCUT2D eigenvalue weighted by Gasteiger charge is -2.17. The molecule has 0 aromatic heterocycles. The highest BCUT2D eigenvalue weighted by molar-refractivity contribution is 7.98. The van der Waals surface area contributed by atoms with Crippen LogP contribution in [-0.2, 0) is 4.79 Å². The van der Waals surface area contributed by atoms with Crippen molar-refractivity contribution in [1.29, 1.82) is 0 Å². The summed E-state index contributed by atoms with van der Waals surface area (Å²) >= 11 is 1.92. The molecule has 5 nitrogen and oxygen atoms in total. The van der Waals surface area contributed by atoms with Crippen LogP contribution in [0.1, 0.15) is 19.8 Å².